The number of non-ortho nitro benzene ring substituents is 1. The summed E-state index contributed by atoms with van der Waals surface area (Å²) in [6.45, 7) is 7.20. The van der Waals surface area contributed by atoms with Crippen LogP contribution in [0.4, 0.5) is 5.69 Å². The van der Waals surface area contributed by atoms with E-state index in [1.807, 2.05) is 19.9 Å². The fourth-order valence-electron chi connectivity index (χ4n) is 3.26. The predicted octanol–water partition coefficient (Wildman–Crippen LogP) is 2.61. The molecule has 1 heterocycles. The van der Waals surface area contributed by atoms with Crippen LogP contribution in [0.25, 0.3) is 0 Å². The van der Waals surface area contributed by atoms with E-state index in [1.54, 1.807) is 12.1 Å². The van der Waals surface area contributed by atoms with Gasteiger partial charge in [0.15, 0.2) is 0 Å². The van der Waals surface area contributed by atoms with E-state index in [-0.39, 0.29) is 22.9 Å². The summed E-state index contributed by atoms with van der Waals surface area (Å²) < 4.78 is 39.5. The van der Waals surface area contributed by atoms with Gasteiger partial charge in [0.05, 0.1) is 18.1 Å². The monoisotopic (exact) mass is 435 g/mol. The Labute approximate surface area is 175 Å². The van der Waals surface area contributed by atoms with Gasteiger partial charge in [-0.25, -0.2) is 13.1 Å². The minimum atomic E-state index is -4.03. The minimum absolute atomic E-state index is 0.0319. The van der Waals surface area contributed by atoms with Crippen LogP contribution in [0.5, 0.6) is 11.5 Å². The number of aryl methyl sites for hydroxylation is 2. The maximum Gasteiger partial charge on any atom is 0.271 e. The number of benzene rings is 2. The molecule has 0 spiro atoms. The molecule has 2 aromatic carbocycles. The molecular weight excluding hydrogens is 410 g/mol. The first kappa shape index (κ1) is 22.2. The number of ether oxygens (including phenoxy) is 2. The number of rotatable bonds is 8. The van der Waals surface area contributed by atoms with Gasteiger partial charge in [0.1, 0.15) is 16.4 Å². The van der Waals surface area contributed by atoms with E-state index < -0.39 is 14.9 Å². The SMILES string of the molecule is Cc1cc(C)cc(Oc2ccc([N+](=O)[O-])cc2S(=O)(=O)NCCN2CCOCC2)c1. The predicted molar refractivity (Wildman–Crippen MR) is 112 cm³/mol. The molecule has 10 heteroatoms. The molecule has 0 bridgehead atoms. The maximum absolute atomic E-state index is 12.9. The van der Waals surface area contributed by atoms with Gasteiger partial charge < -0.3 is 9.47 Å². The lowest BCUT2D eigenvalue weighted by Crippen LogP contribution is -2.41. The first-order valence-electron chi connectivity index (χ1n) is 9.59. The van der Waals surface area contributed by atoms with Crippen molar-refractivity contribution in [3.8, 4) is 11.5 Å². The van der Waals surface area contributed by atoms with Crippen molar-refractivity contribution in [2.45, 2.75) is 18.7 Å². The van der Waals surface area contributed by atoms with Gasteiger partial charge in [-0.3, -0.25) is 15.0 Å². The van der Waals surface area contributed by atoms with Crippen molar-refractivity contribution in [1.82, 2.24) is 9.62 Å². The quantitative estimate of drug-likeness (QED) is 0.501. The Hall–Kier alpha value is -2.53. The smallest absolute Gasteiger partial charge is 0.271 e. The average molecular weight is 436 g/mol. The largest absolute Gasteiger partial charge is 0.456 e. The van der Waals surface area contributed by atoms with Gasteiger partial charge in [0.25, 0.3) is 5.69 Å². The lowest BCUT2D eigenvalue weighted by Gasteiger charge is -2.26. The number of nitro benzene ring substituents is 1. The van der Waals surface area contributed by atoms with Crippen LogP contribution in [0.3, 0.4) is 0 Å². The molecule has 1 aliphatic heterocycles. The molecule has 3 rings (SSSR count). The first-order valence-corrected chi connectivity index (χ1v) is 11.1. The summed E-state index contributed by atoms with van der Waals surface area (Å²) in [4.78, 5) is 12.4. The average Bonchev–Trinajstić information content (AvgIpc) is 2.68. The van der Waals surface area contributed by atoms with Gasteiger partial charge in [-0.05, 0) is 43.2 Å². The van der Waals surface area contributed by atoms with E-state index >= 15 is 0 Å². The van der Waals surface area contributed by atoms with E-state index in [9.17, 15) is 18.5 Å². The standard InChI is InChI=1S/C20H25N3O6S/c1-15-11-16(2)13-18(12-15)29-19-4-3-17(23(24)25)14-20(19)30(26,27)21-5-6-22-7-9-28-10-8-22/h3-4,11-14,21H,5-10H2,1-2H3. The molecule has 1 fully saturated rings. The summed E-state index contributed by atoms with van der Waals surface area (Å²) in [5, 5.41) is 11.2. The van der Waals surface area contributed by atoms with Crippen molar-refractivity contribution >= 4 is 15.7 Å². The summed E-state index contributed by atoms with van der Waals surface area (Å²) in [5.41, 5.74) is 1.59. The zero-order valence-corrected chi connectivity index (χ0v) is 17.8. The second kappa shape index (κ2) is 9.52. The molecule has 0 atom stereocenters. The van der Waals surface area contributed by atoms with Crippen molar-refractivity contribution in [1.29, 1.82) is 0 Å². The van der Waals surface area contributed by atoms with Crippen LogP contribution in [0.1, 0.15) is 11.1 Å². The highest BCUT2D eigenvalue weighted by Gasteiger charge is 2.24. The Morgan fingerprint density at radius 2 is 1.80 bits per heavy atom. The van der Waals surface area contributed by atoms with Gasteiger partial charge in [-0.1, -0.05) is 6.07 Å². The van der Waals surface area contributed by atoms with Crippen molar-refractivity contribution < 1.29 is 22.8 Å². The summed E-state index contributed by atoms with van der Waals surface area (Å²) in [5.74, 6) is 0.496. The van der Waals surface area contributed by atoms with Gasteiger partial charge >= 0.3 is 0 Å². The van der Waals surface area contributed by atoms with Crippen molar-refractivity contribution in [3.63, 3.8) is 0 Å². The van der Waals surface area contributed by atoms with E-state index in [1.165, 1.54) is 12.1 Å². The number of hydrogen-bond acceptors (Lipinski definition) is 7. The minimum Gasteiger partial charge on any atom is -0.456 e. The maximum atomic E-state index is 12.9. The Balaban J connectivity index is 1.84. The molecule has 1 aliphatic rings. The first-order chi connectivity index (χ1) is 14.2. The van der Waals surface area contributed by atoms with Gasteiger partial charge in [-0.15, -0.1) is 0 Å². The molecule has 0 unspecified atom stereocenters. The van der Waals surface area contributed by atoms with Crippen LogP contribution in [0.2, 0.25) is 0 Å². The highest BCUT2D eigenvalue weighted by Crippen LogP contribution is 2.32. The Bertz CT molecular complexity index is 999. The van der Waals surface area contributed by atoms with Crippen LogP contribution in [-0.4, -0.2) is 57.6 Å². The highest BCUT2D eigenvalue weighted by molar-refractivity contribution is 7.89. The number of nitrogens with one attached hydrogen (secondary N) is 1. The van der Waals surface area contributed by atoms with Crippen LogP contribution in [0.15, 0.2) is 41.3 Å². The molecular formula is C20H25N3O6S. The topological polar surface area (TPSA) is 111 Å². The zero-order chi connectivity index (χ0) is 21.7. The van der Waals surface area contributed by atoms with Gasteiger partial charge in [0, 0.05) is 38.3 Å². The highest BCUT2D eigenvalue weighted by atomic mass is 32.2. The normalized spacial score (nSPS) is 15.1. The third-order valence-electron chi connectivity index (χ3n) is 4.67. The fourth-order valence-corrected chi connectivity index (χ4v) is 4.43. The van der Waals surface area contributed by atoms with Crippen LogP contribution >= 0.6 is 0 Å². The molecule has 0 aliphatic carbocycles. The third-order valence-corrected chi connectivity index (χ3v) is 6.16. The van der Waals surface area contributed by atoms with Crippen molar-refractivity contribution in [3.05, 3.63) is 57.6 Å². The molecule has 2 aromatic rings. The Kier molecular flexibility index (Phi) is 7.03. The summed E-state index contributed by atoms with van der Waals surface area (Å²) in [6, 6.07) is 9.08. The Morgan fingerprint density at radius 3 is 2.43 bits per heavy atom. The molecule has 0 radical (unpaired) electrons. The van der Waals surface area contributed by atoms with E-state index in [2.05, 4.69) is 9.62 Å². The number of morpholine rings is 1. The number of nitrogens with zero attached hydrogens (tertiary/aromatic N) is 2. The molecule has 30 heavy (non-hydrogen) atoms. The van der Waals surface area contributed by atoms with E-state index in [4.69, 9.17) is 9.47 Å². The number of sulfonamides is 1. The summed E-state index contributed by atoms with van der Waals surface area (Å²) in [6.07, 6.45) is 0. The molecule has 162 valence electrons. The van der Waals surface area contributed by atoms with E-state index in [0.29, 0.717) is 25.5 Å². The van der Waals surface area contributed by atoms with Crippen LogP contribution in [-0.2, 0) is 14.8 Å². The molecule has 9 nitrogen and oxygen atoms in total. The van der Waals surface area contributed by atoms with Crippen LogP contribution < -0.4 is 9.46 Å². The van der Waals surface area contributed by atoms with Crippen LogP contribution in [0, 0.1) is 24.0 Å². The zero-order valence-electron chi connectivity index (χ0n) is 17.0. The number of nitro groups is 1. The second-order valence-corrected chi connectivity index (χ2v) is 8.90. The fraction of sp³-hybridized carbons (Fsp3) is 0.400. The summed E-state index contributed by atoms with van der Waals surface area (Å²) >= 11 is 0. The number of hydrogen-bond donors (Lipinski definition) is 1. The third kappa shape index (κ3) is 5.76. The summed E-state index contributed by atoms with van der Waals surface area (Å²) in [7, 11) is -4.03. The lowest BCUT2D eigenvalue weighted by molar-refractivity contribution is -0.385. The van der Waals surface area contributed by atoms with Gasteiger partial charge in [0.2, 0.25) is 10.0 Å². The van der Waals surface area contributed by atoms with E-state index in [0.717, 1.165) is 30.3 Å². The molecule has 1 saturated heterocycles. The molecule has 0 amide bonds. The van der Waals surface area contributed by atoms with Crippen molar-refractivity contribution in [2.75, 3.05) is 39.4 Å². The molecule has 0 aromatic heterocycles. The second-order valence-electron chi connectivity index (χ2n) is 7.17. The van der Waals surface area contributed by atoms with Crippen molar-refractivity contribution in [2.24, 2.45) is 0 Å². The molecule has 1 N–H and O–H groups in total. The molecule has 0 saturated carbocycles. The lowest BCUT2D eigenvalue weighted by atomic mass is 10.1. The van der Waals surface area contributed by atoms with Gasteiger partial charge in [-0.2, -0.15) is 0 Å². The Morgan fingerprint density at radius 1 is 1.13 bits per heavy atom.